The van der Waals surface area contributed by atoms with Crippen LogP contribution in [0.1, 0.15) is 34.8 Å². The van der Waals surface area contributed by atoms with E-state index in [0.29, 0.717) is 0 Å². The van der Waals surface area contributed by atoms with Gasteiger partial charge in [0.05, 0.1) is 25.4 Å². The van der Waals surface area contributed by atoms with Gasteiger partial charge in [-0.25, -0.2) is 9.18 Å². The van der Waals surface area contributed by atoms with E-state index in [9.17, 15) is 27.5 Å². The van der Waals surface area contributed by atoms with Gasteiger partial charge in [-0.05, 0) is 25.0 Å². The summed E-state index contributed by atoms with van der Waals surface area (Å²) in [5, 5.41) is 9.92. The minimum Gasteiger partial charge on any atom is -0.512 e. The van der Waals surface area contributed by atoms with Gasteiger partial charge in [-0.15, -0.1) is 0 Å². The Hall–Kier alpha value is -2.09. The minimum atomic E-state index is -4.78. The monoisotopic (exact) mass is 348 g/mol. The average molecular weight is 348 g/mol. The van der Waals surface area contributed by atoms with Crippen molar-refractivity contribution in [3.8, 4) is 0 Å². The van der Waals surface area contributed by atoms with Gasteiger partial charge < -0.3 is 14.6 Å². The molecule has 1 atom stereocenters. The van der Waals surface area contributed by atoms with E-state index in [1.54, 1.807) is 0 Å². The largest absolute Gasteiger partial charge is 0.512 e. The van der Waals surface area contributed by atoms with Gasteiger partial charge in [-0.3, -0.25) is 0 Å². The molecular weight excluding hydrogens is 332 g/mol. The van der Waals surface area contributed by atoms with Crippen molar-refractivity contribution >= 4 is 5.97 Å². The van der Waals surface area contributed by atoms with Gasteiger partial charge in [0.15, 0.2) is 0 Å². The second-order valence-corrected chi connectivity index (χ2v) is 5.53. The molecule has 1 heterocycles. The van der Waals surface area contributed by atoms with E-state index in [4.69, 9.17) is 4.74 Å². The van der Waals surface area contributed by atoms with Gasteiger partial charge in [-0.1, -0.05) is 6.07 Å². The molecule has 0 aliphatic carbocycles. The number of esters is 1. The third-order valence-corrected chi connectivity index (χ3v) is 3.87. The summed E-state index contributed by atoms with van der Waals surface area (Å²) >= 11 is 0. The summed E-state index contributed by atoms with van der Waals surface area (Å²) in [5.74, 6) is -2.35. The van der Waals surface area contributed by atoms with Crippen LogP contribution in [0.25, 0.3) is 0 Å². The summed E-state index contributed by atoms with van der Waals surface area (Å²) in [6, 6.07) is 1.11. The van der Waals surface area contributed by atoms with Crippen molar-refractivity contribution in [3.05, 3.63) is 45.5 Å². The molecule has 8 heteroatoms. The number of aliphatic hydroxyl groups excluding tert-OH is 1. The van der Waals surface area contributed by atoms with Crippen LogP contribution < -0.4 is 0 Å². The highest BCUT2D eigenvalue weighted by atomic mass is 19.4. The fraction of sp³-hybridized carbons (Fsp3) is 0.438. The molecular formula is C16H16F4O4. The second kappa shape index (κ2) is 6.43. The van der Waals surface area contributed by atoms with Crippen LogP contribution >= 0.6 is 0 Å². The third kappa shape index (κ3) is 3.24. The van der Waals surface area contributed by atoms with Gasteiger partial charge in [0, 0.05) is 12.0 Å². The molecule has 1 aromatic rings. The van der Waals surface area contributed by atoms with Crippen LogP contribution in [-0.2, 0) is 20.4 Å². The molecule has 1 unspecified atom stereocenters. The number of alkyl halides is 3. The fourth-order valence-corrected chi connectivity index (χ4v) is 2.78. The highest BCUT2D eigenvalue weighted by Crippen LogP contribution is 2.43. The molecule has 1 aliphatic rings. The van der Waals surface area contributed by atoms with E-state index in [-0.39, 0.29) is 16.7 Å². The van der Waals surface area contributed by atoms with Crippen LogP contribution in [0.15, 0.2) is 17.4 Å². The average Bonchev–Trinajstić information content (AvgIpc) is 2.48. The molecule has 132 valence electrons. The number of benzene rings is 1. The molecule has 1 aromatic carbocycles. The molecule has 4 nitrogen and oxygen atoms in total. The molecule has 0 aromatic heterocycles. The molecule has 2 rings (SSSR count). The number of ether oxygens (including phenoxy) is 2. The summed E-state index contributed by atoms with van der Waals surface area (Å²) in [4.78, 5) is 11.4. The SMILES string of the molecule is COC(=O)C1=C(O)CC(c2c(F)c(C)cc(C)c2C(F)(F)F)OC1. The number of carbonyl (C=O) groups is 1. The molecule has 0 saturated carbocycles. The lowest BCUT2D eigenvalue weighted by molar-refractivity contribution is -0.142. The molecule has 0 fully saturated rings. The first-order valence-electron chi connectivity index (χ1n) is 7.05. The number of hydrogen-bond acceptors (Lipinski definition) is 4. The van der Waals surface area contributed by atoms with E-state index in [1.165, 1.54) is 13.8 Å². The number of aliphatic hydroxyl groups is 1. The summed E-state index contributed by atoms with van der Waals surface area (Å²) in [7, 11) is 1.10. The molecule has 0 amide bonds. The fourth-order valence-electron chi connectivity index (χ4n) is 2.78. The van der Waals surface area contributed by atoms with E-state index >= 15 is 0 Å². The first-order chi connectivity index (χ1) is 11.1. The number of aryl methyl sites for hydroxylation is 2. The Balaban J connectivity index is 2.55. The third-order valence-electron chi connectivity index (χ3n) is 3.87. The Morgan fingerprint density at radius 1 is 1.33 bits per heavy atom. The topological polar surface area (TPSA) is 55.8 Å². The highest BCUT2D eigenvalue weighted by Gasteiger charge is 2.41. The Morgan fingerprint density at radius 2 is 1.96 bits per heavy atom. The Kier molecular flexibility index (Phi) is 4.89. The number of carbonyl (C=O) groups excluding carboxylic acids is 1. The number of methoxy groups -OCH3 is 1. The van der Waals surface area contributed by atoms with Crippen LogP contribution in [0.5, 0.6) is 0 Å². The predicted molar refractivity (Wildman–Crippen MR) is 75.9 cm³/mol. The molecule has 1 aliphatic heterocycles. The number of rotatable bonds is 2. The van der Waals surface area contributed by atoms with Gasteiger partial charge >= 0.3 is 12.1 Å². The lowest BCUT2D eigenvalue weighted by Crippen LogP contribution is -2.25. The first kappa shape index (κ1) is 18.3. The Labute approximate surface area is 135 Å². The van der Waals surface area contributed by atoms with Crippen LogP contribution in [0, 0.1) is 19.7 Å². The van der Waals surface area contributed by atoms with Crippen molar-refractivity contribution in [1.82, 2.24) is 0 Å². The normalized spacial score (nSPS) is 18.7. The Bertz CT molecular complexity index is 707. The molecule has 0 saturated heterocycles. The minimum absolute atomic E-state index is 0.0429. The molecule has 0 radical (unpaired) electrons. The van der Waals surface area contributed by atoms with Crippen LogP contribution in [0.2, 0.25) is 0 Å². The summed E-state index contributed by atoms with van der Waals surface area (Å²) in [5.41, 5.74) is -2.06. The second-order valence-electron chi connectivity index (χ2n) is 5.53. The smallest absolute Gasteiger partial charge is 0.417 e. The maximum Gasteiger partial charge on any atom is 0.417 e. The van der Waals surface area contributed by atoms with Gasteiger partial charge in [0.25, 0.3) is 0 Å². The summed E-state index contributed by atoms with van der Waals surface area (Å²) < 4.78 is 64.2. The summed E-state index contributed by atoms with van der Waals surface area (Å²) in [6.07, 6.45) is -6.58. The maximum atomic E-state index is 14.4. The summed E-state index contributed by atoms with van der Waals surface area (Å²) in [6.45, 7) is 2.12. The van der Waals surface area contributed by atoms with E-state index in [2.05, 4.69) is 4.74 Å². The lowest BCUT2D eigenvalue weighted by Gasteiger charge is -2.28. The van der Waals surface area contributed by atoms with Crippen molar-refractivity contribution in [3.63, 3.8) is 0 Å². The van der Waals surface area contributed by atoms with Crippen molar-refractivity contribution in [1.29, 1.82) is 0 Å². The molecule has 0 spiro atoms. The van der Waals surface area contributed by atoms with E-state index in [1.807, 2.05) is 0 Å². The molecule has 1 N–H and O–H groups in total. The van der Waals surface area contributed by atoms with Gasteiger partial charge in [0.1, 0.15) is 17.1 Å². The van der Waals surface area contributed by atoms with Crippen LogP contribution in [-0.4, -0.2) is 24.8 Å². The number of hydrogen-bond donors (Lipinski definition) is 1. The highest BCUT2D eigenvalue weighted by molar-refractivity contribution is 5.89. The van der Waals surface area contributed by atoms with Crippen molar-refractivity contribution < 1.29 is 36.9 Å². The first-order valence-corrected chi connectivity index (χ1v) is 7.05. The van der Waals surface area contributed by atoms with E-state index < -0.39 is 54.0 Å². The van der Waals surface area contributed by atoms with Gasteiger partial charge in [-0.2, -0.15) is 13.2 Å². The maximum absolute atomic E-state index is 14.4. The zero-order chi connectivity index (χ0) is 18.2. The number of halogens is 4. The lowest BCUT2D eigenvalue weighted by atomic mass is 9.90. The van der Waals surface area contributed by atoms with Gasteiger partial charge in [0.2, 0.25) is 0 Å². The zero-order valence-electron chi connectivity index (χ0n) is 13.3. The van der Waals surface area contributed by atoms with Crippen LogP contribution in [0.4, 0.5) is 17.6 Å². The molecule has 24 heavy (non-hydrogen) atoms. The van der Waals surface area contributed by atoms with E-state index in [0.717, 1.165) is 13.2 Å². The zero-order valence-corrected chi connectivity index (χ0v) is 13.3. The van der Waals surface area contributed by atoms with Crippen molar-refractivity contribution in [2.75, 3.05) is 13.7 Å². The molecule has 0 bridgehead atoms. The van der Waals surface area contributed by atoms with Crippen LogP contribution in [0.3, 0.4) is 0 Å². The predicted octanol–water partition coefficient (Wildman–Crippen LogP) is 3.91. The van der Waals surface area contributed by atoms with Crippen molar-refractivity contribution in [2.45, 2.75) is 32.5 Å². The standard InChI is InChI=1S/C16H16F4O4/c1-7-4-8(2)14(17)12(13(7)16(18,19)20)11-5-10(21)9(6-24-11)15(22)23-3/h4,11,21H,5-6H2,1-3H3. The van der Waals surface area contributed by atoms with Crippen molar-refractivity contribution in [2.24, 2.45) is 0 Å². The quantitative estimate of drug-likeness (QED) is 0.650. The Morgan fingerprint density at radius 3 is 2.46 bits per heavy atom.